The molecule has 0 radical (unpaired) electrons. The molecule has 1 atom stereocenters. The molecule has 1 unspecified atom stereocenters. The molecule has 13 heavy (non-hydrogen) atoms. The highest BCUT2D eigenvalue weighted by atomic mass is 16.7. The zero-order valence-electron chi connectivity index (χ0n) is 8.68. The Hall–Kier alpha value is -0.120. The Morgan fingerprint density at radius 1 is 1.46 bits per heavy atom. The first-order valence-electron chi connectivity index (χ1n) is 5.25. The maximum Gasteiger partial charge on any atom is 0.0790 e. The average Bonchev–Trinajstić information content (AvgIpc) is 2.57. The van der Waals surface area contributed by atoms with Gasteiger partial charge in [0.1, 0.15) is 0 Å². The molecule has 0 bridgehead atoms. The number of nitrogens with one attached hydrogen (secondary N) is 1. The average molecular weight is 187 g/mol. The maximum atomic E-state index is 9.65. The number of hydrogen-bond donors (Lipinski definition) is 2. The summed E-state index contributed by atoms with van der Waals surface area (Å²) < 4.78 is 0. The minimum absolute atomic E-state index is 0.368. The van der Waals surface area contributed by atoms with Crippen LogP contribution in [0.25, 0.3) is 0 Å². The third kappa shape index (κ3) is 4.07. The molecule has 0 aromatic carbocycles. The van der Waals surface area contributed by atoms with Crippen LogP contribution in [0.15, 0.2) is 0 Å². The highest BCUT2D eigenvalue weighted by molar-refractivity contribution is 4.71. The third-order valence-corrected chi connectivity index (χ3v) is 2.77. The Kier molecular flexibility index (Phi) is 4.16. The van der Waals surface area contributed by atoms with E-state index in [-0.39, 0.29) is 0 Å². The van der Waals surface area contributed by atoms with E-state index in [2.05, 4.69) is 5.48 Å². The number of hydrogen-bond acceptors (Lipinski definition) is 3. The van der Waals surface area contributed by atoms with Gasteiger partial charge in [-0.1, -0.05) is 19.8 Å². The monoisotopic (exact) mass is 187 g/mol. The van der Waals surface area contributed by atoms with E-state index in [0.29, 0.717) is 12.6 Å². The molecule has 0 aliphatic heterocycles. The molecule has 1 rings (SSSR count). The smallest absolute Gasteiger partial charge is 0.0790 e. The highest BCUT2D eigenvalue weighted by Crippen LogP contribution is 2.20. The van der Waals surface area contributed by atoms with Gasteiger partial charge in [0.25, 0.3) is 0 Å². The van der Waals surface area contributed by atoms with Gasteiger partial charge in [-0.25, -0.2) is 0 Å². The third-order valence-electron chi connectivity index (χ3n) is 2.77. The Labute approximate surface area is 80.4 Å². The summed E-state index contributed by atoms with van der Waals surface area (Å²) in [5, 5.41) is 9.65. The van der Waals surface area contributed by atoms with Crippen LogP contribution in [0, 0.1) is 0 Å². The molecule has 0 heterocycles. The van der Waals surface area contributed by atoms with E-state index < -0.39 is 5.60 Å². The maximum absolute atomic E-state index is 9.65. The minimum atomic E-state index is -0.640. The van der Waals surface area contributed by atoms with Crippen LogP contribution in [0.4, 0.5) is 0 Å². The Morgan fingerprint density at radius 2 is 2.08 bits per heavy atom. The Morgan fingerprint density at radius 3 is 2.62 bits per heavy atom. The van der Waals surface area contributed by atoms with E-state index in [9.17, 15) is 5.11 Å². The molecule has 1 fully saturated rings. The molecule has 0 amide bonds. The van der Waals surface area contributed by atoms with Gasteiger partial charge in [0.2, 0.25) is 0 Å². The van der Waals surface area contributed by atoms with Crippen molar-refractivity contribution in [3.05, 3.63) is 0 Å². The number of aliphatic hydroxyl groups is 1. The van der Waals surface area contributed by atoms with Crippen molar-refractivity contribution in [3.63, 3.8) is 0 Å². The summed E-state index contributed by atoms with van der Waals surface area (Å²) >= 11 is 0. The van der Waals surface area contributed by atoms with Crippen LogP contribution < -0.4 is 5.48 Å². The second kappa shape index (κ2) is 4.94. The molecule has 1 saturated carbocycles. The van der Waals surface area contributed by atoms with Crippen LogP contribution in [-0.4, -0.2) is 23.4 Å². The fraction of sp³-hybridized carbons (Fsp3) is 1.00. The lowest BCUT2D eigenvalue weighted by atomic mass is 10.1. The minimum Gasteiger partial charge on any atom is -0.389 e. The molecule has 2 N–H and O–H groups in total. The van der Waals surface area contributed by atoms with E-state index in [1.807, 2.05) is 13.8 Å². The summed E-state index contributed by atoms with van der Waals surface area (Å²) in [4.78, 5) is 5.43. The lowest BCUT2D eigenvalue weighted by molar-refractivity contribution is -0.0599. The number of rotatable bonds is 5. The second-order valence-electron chi connectivity index (χ2n) is 4.20. The van der Waals surface area contributed by atoms with Crippen LogP contribution >= 0.6 is 0 Å². The molecular formula is C10H21NO2. The van der Waals surface area contributed by atoms with Gasteiger partial charge in [0, 0.05) is 6.54 Å². The van der Waals surface area contributed by atoms with Crippen molar-refractivity contribution in [1.82, 2.24) is 5.48 Å². The topological polar surface area (TPSA) is 41.5 Å². The second-order valence-corrected chi connectivity index (χ2v) is 4.20. The molecule has 1 aliphatic rings. The van der Waals surface area contributed by atoms with Crippen molar-refractivity contribution in [2.45, 2.75) is 57.7 Å². The van der Waals surface area contributed by atoms with Crippen LogP contribution in [-0.2, 0) is 4.84 Å². The van der Waals surface area contributed by atoms with Gasteiger partial charge in [-0.3, -0.25) is 4.84 Å². The zero-order valence-corrected chi connectivity index (χ0v) is 8.68. The lowest BCUT2D eigenvalue weighted by Crippen LogP contribution is -2.38. The molecule has 3 nitrogen and oxygen atoms in total. The quantitative estimate of drug-likeness (QED) is 0.642. The molecule has 0 aromatic rings. The Bertz CT molecular complexity index is 142. The van der Waals surface area contributed by atoms with Crippen LogP contribution in [0.1, 0.15) is 46.0 Å². The molecular weight excluding hydrogens is 166 g/mol. The van der Waals surface area contributed by atoms with Crippen LogP contribution in [0.2, 0.25) is 0 Å². The van der Waals surface area contributed by atoms with Crippen molar-refractivity contribution in [1.29, 1.82) is 0 Å². The van der Waals surface area contributed by atoms with E-state index in [0.717, 1.165) is 19.3 Å². The van der Waals surface area contributed by atoms with Crippen LogP contribution in [0.3, 0.4) is 0 Å². The molecule has 3 heteroatoms. The fourth-order valence-electron chi connectivity index (χ4n) is 1.45. The first kappa shape index (κ1) is 11.0. The largest absolute Gasteiger partial charge is 0.389 e. The van der Waals surface area contributed by atoms with Gasteiger partial charge in [-0.05, 0) is 26.2 Å². The lowest BCUT2D eigenvalue weighted by Gasteiger charge is -2.22. The molecule has 1 aliphatic carbocycles. The van der Waals surface area contributed by atoms with Gasteiger partial charge in [0.05, 0.1) is 11.7 Å². The van der Waals surface area contributed by atoms with E-state index in [4.69, 9.17) is 4.84 Å². The summed E-state index contributed by atoms with van der Waals surface area (Å²) in [6.07, 6.45) is 5.97. The van der Waals surface area contributed by atoms with Gasteiger partial charge in [-0.2, -0.15) is 5.48 Å². The normalized spacial score (nSPS) is 23.3. The zero-order chi connectivity index (χ0) is 9.73. The van der Waals surface area contributed by atoms with Crippen molar-refractivity contribution >= 4 is 0 Å². The number of hydroxylamine groups is 1. The summed E-state index contributed by atoms with van der Waals surface area (Å²) in [5.74, 6) is 0. The van der Waals surface area contributed by atoms with E-state index >= 15 is 0 Å². The molecule has 0 saturated heterocycles. The van der Waals surface area contributed by atoms with Gasteiger partial charge >= 0.3 is 0 Å². The predicted molar refractivity (Wildman–Crippen MR) is 52.3 cm³/mol. The van der Waals surface area contributed by atoms with Crippen molar-refractivity contribution in [2.75, 3.05) is 6.54 Å². The van der Waals surface area contributed by atoms with E-state index in [1.165, 1.54) is 12.8 Å². The SMILES string of the molecule is CCC(C)(O)CNOC1CCCC1. The molecule has 78 valence electrons. The molecule has 0 spiro atoms. The fourth-order valence-corrected chi connectivity index (χ4v) is 1.45. The predicted octanol–water partition coefficient (Wildman–Crippen LogP) is 1.61. The van der Waals surface area contributed by atoms with Gasteiger partial charge in [0.15, 0.2) is 0 Å². The highest BCUT2D eigenvalue weighted by Gasteiger charge is 2.19. The summed E-state index contributed by atoms with van der Waals surface area (Å²) in [6.45, 7) is 4.30. The van der Waals surface area contributed by atoms with E-state index in [1.54, 1.807) is 0 Å². The van der Waals surface area contributed by atoms with Crippen molar-refractivity contribution in [3.8, 4) is 0 Å². The standard InChI is InChI=1S/C10H21NO2/c1-3-10(2,12)8-11-13-9-6-4-5-7-9/h9,11-12H,3-8H2,1-2H3. The summed E-state index contributed by atoms with van der Waals surface area (Å²) in [7, 11) is 0. The summed E-state index contributed by atoms with van der Waals surface area (Å²) in [5.41, 5.74) is 2.23. The van der Waals surface area contributed by atoms with Crippen molar-refractivity contribution < 1.29 is 9.94 Å². The van der Waals surface area contributed by atoms with Gasteiger partial charge < -0.3 is 5.11 Å². The van der Waals surface area contributed by atoms with Crippen molar-refractivity contribution in [2.24, 2.45) is 0 Å². The van der Waals surface area contributed by atoms with Crippen LogP contribution in [0.5, 0.6) is 0 Å². The van der Waals surface area contributed by atoms with Gasteiger partial charge in [-0.15, -0.1) is 0 Å². The first-order chi connectivity index (χ1) is 6.14. The Balaban J connectivity index is 2.06. The molecule has 0 aromatic heterocycles. The first-order valence-corrected chi connectivity index (χ1v) is 5.25. The summed E-state index contributed by atoms with van der Waals surface area (Å²) in [6, 6.07) is 0.